The van der Waals surface area contributed by atoms with E-state index in [0.717, 1.165) is 12.8 Å². The molecule has 0 amide bonds. The predicted molar refractivity (Wildman–Crippen MR) is 228 cm³/mol. The first kappa shape index (κ1) is 41.4. The fourth-order valence-electron chi connectivity index (χ4n) is 7.22. The Balaban J connectivity index is 0.000000198. The summed E-state index contributed by atoms with van der Waals surface area (Å²) >= 11 is 1.44. The van der Waals surface area contributed by atoms with Gasteiger partial charge in [-0.2, -0.15) is 23.8 Å². The molecule has 6 aromatic carbocycles. The molecule has 0 saturated carbocycles. The molecule has 0 aliphatic heterocycles. The van der Waals surface area contributed by atoms with Gasteiger partial charge in [0, 0.05) is 0 Å². The number of benzene rings is 6. The van der Waals surface area contributed by atoms with Gasteiger partial charge in [0.25, 0.3) is 0 Å². The van der Waals surface area contributed by atoms with Crippen LogP contribution >= 0.6 is 24.8 Å². The van der Waals surface area contributed by atoms with Crippen molar-refractivity contribution in [2.75, 3.05) is 0 Å². The van der Waals surface area contributed by atoms with Crippen molar-refractivity contribution in [3.63, 3.8) is 0 Å². The van der Waals surface area contributed by atoms with Crippen molar-refractivity contribution < 1.29 is 24.2 Å². The van der Waals surface area contributed by atoms with Crippen LogP contribution in [0.1, 0.15) is 92.5 Å². The van der Waals surface area contributed by atoms with Crippen LogP contribution in [-0.4, -0.2) is 3.21 Å². The first-order chi connectivity index (χ1) is 23.8. The number of hydrogen-bond acceptors (Lipinski definition) is 0. The maximum atomic E-state index is 3.69. The third-order valence-electron chi connectivity index (χ3n) is 9.74. The SMILES string of the molecule is Cc1[c-]c2c(cc1C(C)(C)C)-c1cc(C(C)(C)C)c(C)cc1C2.Cl.Cl.[C-]1=CC=CC1.[Zr+2]=[C](c1ccc2ccccc2c1)c1ccc2ccccc2c1. The summed E-state index contributed by atoms with van der Waals surface area (Å²) in [6, 6.07) is 41.5. The molecule has 52 heavy (non-hydrogen) atoms. The summed E-state index contributed by atoms with van der Waals surface area (Å²) in [5, 5.41) is 5.21. The third-order valence-corrected chi connectivity index (χ3v) is 11.2. The Bertz CT molecular complexity index is 2120. The van der Waals surface area contributed by atoms with E-state index in [1.54, 1.807) is 0 Å². The zero-order valence-electron chi connectivity index (χ0n) is 31.8. The summed E-state index contributed by atoms with van der Waals surface area (Å²) in [6.45, 7) is 18.2. The van der Waals surface area contributed by atoms with Gasteiger partial charge in [-0.1, -0.05) is 71.6 Å². The van der Waals surface area contributed by atoms with E-state index in [4.69, 9.17) is 0 Å². The molecular weight excluding hydrogens is 751 g/mol. The number of halogens is 2. The molecule has 0 nitrogen and oxygen atoms in total. The van der Waals surface area contributed by atoms with Crippen molar-refractivity contribution in [2.24, 2.45) is 0 Å². The molecule has 0 radical (unpaired) electrons. The number of aryl methyl sites for hydroxylation is 2. The minimum atomic E-state index is 0. The summed E-state index contributed by atoms with van der Waals surface area (Å²) in [5.74, 6) is 0. The van der Waals surface area contributed by atoms with Gasteiger partial charge >= 0.3 is 145 Å². The molecule has 0 saturated heterocycles. The quantitative estimate of drug-likeness (QED) is 0.153. The number of rotatable bonds is 2. The molecule has 0 heterocycles. The van der Waals surface area contributed by atoms with Crippen LogP contribution in [0.15, 0.2) is 121 Å². The van der Waals surface area contributed by atoms with E-state index in [9.17, 15) is 0 Å². The monoisotopic (exact) mass is 798 g/mol. The van der Waals surface area contributed by atoms with Crippen LogP contribution in [0, 0.1) is 26.0 Å². The minimum absolute atomic E-state index is 0. The fraction of sp³-hybridized carbons (Fsp3) is 0.245. The first-order valence-electron chi connectivity index (χ1n) is 17.8. The zero-order valence-corrected chi connectivity index (χ0v) is 35.9. The van der Waals surface area contributed by atoms with E-state index >= 15 is 0 Å². The molecule has 264 valence electrons. The van der Waals surface area contributed by atoms with E-state index in [0.29, 0.717) is 0 Å². The molecule has 0 N–H and O–H groups in total. The maximum absolute atomic E-state index is 3.69. The Hall–Kier alpha value is -3.35. The number of hydrogen-bond donors (Lipinski definition) is 0. The van der Waals surface area contributed by atoms with Crippen molar-refractivity contribution in [3.8, 4) is 11.1 Å². The van der Waals surface area contributed by atoms with E-state index in [2.05, 4.69) is 177 Å². The molecule has 3 heteroatoms. The summed E-state index contributed by atoms with van der Waals surface area (Å²) < 4.78 is 1.41. The molecule has 0 aromatic heterocycles. The van der Waals surface area contributed by atoms with E-state index < -0.39 is 0 Å². The van der Waals surface area contributed by atoms with Crippen molar-refractivity contribution in [1.29, 1.82) is 0 Å². The summed E-state index contributed by atoms with van der Waals surface area (Å²) in [7, 11) is 0. The molecule has 2 aliphatic rings. The Morgan fingerprint density at radius 1 is 0.615 bits per heavy atom. The van der Waals surface area contributed by atoms with Gasteiger partial charge in [0.05, 0.1) is 0 Å². The molecule has 6 aromatic rings. The van der Waals surface area contributed by atoms with Crippen LogP contribution in [-0.2, 0) is 41.5 Å². The Morgan fingerprint density at radius 3 is 1.60 bits per heavy atom. The summed E-state index contributed by atoms with van der Waals surface area (Å²) in [6.07, 6.45) is 11.0. The van der Waals surface area contributed by atoms with Crippen LogP contribution in [0.25, 0.3) is 32.7 Å². The van der Waals surface area contributed by atoms with Gasteiger partial charge in [0.1, 0.15) is 0 Å². The summed E-state index contributed by atoms with van der Waals surface area (Å²) in [5.41, 5.74) is 14.3. The van der Waals surface area contributed by atoms with E-state index in [1.807, 2.05) is 12.2 Å². The average Bonchev–Trinajstić information content (AvgIpc) is 3.78. The van der Waals surface area contributed by atoms with E-state index in [1.165, 1.54) is 105 Å². The zero-order chi connectivity index (χ0) is 35.6. The molecule has 0 atom stereocenters. The second-order valence-electron chi connectivity index (χ2n) is 15.7. The van der Waals surface area contributed by atoms with Crippen LogP contribution in [0.2, 0.25) is 0 Å². The molecule has 0 unspecified atom stereocenters. The van der Waals surface area contributed by atoms with Crippen molar-refractivity contribution in [1.82, 2.24) is 0 Å². The normalized spacial score (nSPS) is 12.5. The molecule has 0 fully saturated rings. The van der Waals surface area contributed by atoms with Gasteiger partial charge in [0.2, 0.25) is 0 Å². The molecular formula is C49H50Cl2Zr. The van der Waals surface area contributed by atoms with Gasteiger partial charge < -0.3 is 0 Å². The molecule has 0 bridgehead atoms. The number of fused-ring (bicyclic) bond motifs is 5. The van der Waals surface area contributed by atoms with E-state index in [-0.39, 0.29) is 35.6 Å². The molecule has 2 aliphatic carbocycles. The van der Waals surface area contributed by atoms with Crippen molar-refractivity contribution in [2.45, 2.75) is 79.1 Å². The number of allylic oxidation sites excluding steroid dienone is 4. The molecule has 8 rings (SSSR count). The fourth-order valence-corrected chi connectivity index (χ4v) is 7.98. The average molecular weight is 801 g/mol. The topological polar surface area (TPSA) is 0 Å². The first-order valence-corrected chi connectivity index (χ1v) is 19.0. The Morgan fingerprint density at radius 2 is 1.13 bits per heavy atom. The van der Waals surface area contributed by atoms with Crippen LogP contribution in [0.3, 0.4) is 0 Å². The Labute approximate surface area is 339 Å². The van der Waals surface area contributed by atoms with Crippen LogP contribution in [0.4, 0.5) is 0 Å². The summed E-state index contributed by atoms with van der Waals surface area (Å²) in [4.78, 5) is 0. The van der Waals surface area contributed by atoms with Gasteiger partial charge in [-0.05, 0) is 35.4 Å². The van der Waals surface area contributed by atoms with Crippen LogP contribution in [0.5, 0.6) is 0 Å². The van der Waals surface area contributed by atoms with Gasteiger partial charge in [0.15, 0.2) is 0 Å². The Kier molecular flexibility index (Phi) is 13.7. The van der Waals surface area contributed by atoms with Crippen molar-refractivity contribution >= 4 is 49.6 Å². The second kappa shape index (κ2) is 17.2. The third kappa shape index (κ3) is 9.41. The van der Waals surface area contributed by atoms with Gasteiger partial charge in [-0.15, -0.1) is 47.9 Å². The van der Waals surface area contributed by atoms with Crippen LogP contribution < -0.4 is 0 Å². The van der Waals surface area contributed by atoms with Gasteiger partial charge in [-0.3, -0.25) is 6.08 Å². The second-order valence-corrected chi connectivity index (χ2v) is 16.9. The van der Waals surface area contributed by atoms with Crippen molar-refractivity contribution in [3.05, 3.63) is 178 Å². The van der Waals surface area contributed by atoms with Gasteiger partial charge in [-0.25, -0.2) is 12.2 Å². The molecule has 0 spiro atoms. The standard InChI is InChI=1S/C23H29.C21H14.C5H5.2ClH.Zr/c1-14-9-16-11-17-10-15(2)21(23(6,7)8)13-19(17)18(16)12-20(14)22(3,4)5;1-3-7-20-14-16(9-11-18(20)5-1)13-17-10-12-19-6-2-4-8-21(19)15-17;1-2-4-5-3-1;;;/h9,12-13H,11H2,1-8H3;1-12,14-15H;1-3H,4H2;2*1H;/q-1;;-1;;;+2. The predicted octanol–water partition coefficient (Wildman–Crippen LogP) is 13.5.